The van der Waals surface area contributed by atoms with Crippen molar-refractivity contribution in [2.75, 3.05) is 0 Å². The highest BCUT2D eigenvalue weighted by Gasteiger charge is 2.16. The molecule has 0 spiro atoms. The number of aromatic nitrogens is 3. The van der Waals surface area contributed by atoms with Gasteiger partial charge in [0.05, 0.1) is 15.9 Å². The second-order valence-corrected chi connectivity index (χ2v) is 8.30. The van der Waals surface area contributed by atoms with Gasteiger partial charge in [-0.05, 0) is 43.0 Å². The molecule has 0 unspecified atom stereocenters. The fourth-order valence-electron chi connectivity index (χ4n) is 2.86. The van der Waals surface area contributed by atoms with Crippen LogP contribution in [0.5, 0.6) is 0 Å². The molecule has 0 saturated heterocycles. The topological polar surface area (TPSA) is 68.0 Å². The van der Waals surface area contributed by atoms with E-state index in [0.29, 0.717) is 17.5 Å². The number of fused-ring (bicyclic) bond motifs is 1. The number of rotatable bonds is 7. The summed E-state index contributed by atoms with van der Waals surface area (Å²) in [6.45, 7) is 6.88. The zero-order chi connectivity index (χ0) is 19.6. The van der Waals surface area contributed by atoms with Crippen LogP contribution in [-0.2, 0) is 11.3 Å². The number of thiazole rings is 1. The van der Waals surface area contributed by atoms with Gasteiger partial charge in [-0.15, -0.1) is 11.3 Å². The number of aliphatic carboxylic acids is 1. The van der Waals surface area contributed by atoms with Gasteiger partial charge in [-0.1, -0.05) is 37.6 Å². The van der Waals surface area contributed by atoms with Crippen LogP contribution in [0.4, 0.5) is 0 Å². The molecule has 0 atom stereocenters. The molecule has 5 nitrogen and oxygen atoms in total. The minimum atomic E-state index is -0.833. The van der Waals surface area contributed by atoms with Gasteiger partial charge < -0.3 is 5.11 Å². The van der Waals surface area contributed by atoms with Crippen molar-refractivity contribution in [1.82, 2.24) is 14.8 Å². The Morgan fingerprint density at radius 2 is 2.07 bits per heavy atom. The van der Waals surface area contributed by atoms with Gasteiger partial charge in [0.15, 0.2) is 0 Å². The zero-order valence-corrected chi connectivity index (χ0v) is 17.1. The largest absolute Gasteiger partial charge is 0.481 e. The highest BCUT2D eigenvalue weighted by Crippen LogP contribution is 2.33. The summed E-state index contributed by atoms with van der Waals surface area (Å²) in [7, 11) is 0. The van der Waals surface area contributed by atoms with Gasteiger partial charge in [-0.25, -0.2) is 4.98 Å². The van der Waals surface area contributed by atoms with Crippen molar-refractivity contribution < 1.29 is 9.90 Å². The number of para-hydroxylation sites is 1. The number of nitrogens with zero attached hydrogens (tertiary/aromatic N) is 3. The van der Waals surface area contributed by atoms with Crippen LogP contribution in [0, 0.1) is 12.8 Å². The maximum Gasteiger partial charge on any atom is 0.303 e. The SMILES string of the molecule is Cc1nn(CC(C)C)c(Cl)c1C=C(CCC(=O)O)c1nc2ccccc2s1. The lowest BCUT2D eigenvalue weighted by Gasteiger charge is -2.06. The summed E-state index contributed by atoms with van der Waals surface area (Å²) in [5.74, 6) is -0.408. The first-order chi connectivity index (χ1) is 12.8. The maximum absolute atomic E-state index is 11.1. The number of carboxylic acid groups (broad SMARTS) is 1. The molecule has 2 heterocycles. The summed E-state index contributed by atoms with van der Waals surface area (Å²) in [4.78, 5) is 15.8. The molecule has 27 heavy (non-hydrogen) atoms. The number of carboxylic acids is 1. The second kappa shape index (κ2) is 8.23. The molecule has 1 N–H and O–H groups in total. The first kappa shape index (κ1) is 19.6. The summed E-state index contributed by atoms with van der Waals surface area (Å²) in [6, 6.07) is 7.90. The van der Waals surface area contributed by atoms with E-state index in [-0.39, 0.29) is 6.42 Å². The summed E-state index contributed by atoms with van der Waals surface area (Å²) < 4.78 is 2.88. The van der Waals surface area contributed by atoms with E-state index in [1.807, 2.05) is 37.3 Å². The van der Waals surface area contributed by atoms with Crippen molar-refractivity contribution >= 4 is 50.8 Å². The van der Waals surface area contributed by atoms with E-state index in [2.05, 4.69) is 23.9 Å². The lowest BCUT2D eigenvalue weighted by molar-refractivity contribution is -0.136. The van der Waals surface area contributed by atoms with Crippen LogP contribution in [0.3, 0.4) is 0 Å². The van der Waals surface area contributed by atoms with E-state index < -0.39 is 5.97 Å². The molecule has 3 rings (SSSR count). The molecule has 0 fully saturated rings. The van der Waals surface area contributed by atoms with E-state index in [1.165, 1.54) is 0 Å². The molecule has 0 aliphatic rings. The number of benzene rings is 1. The molecule has 142 valence electrons. The number of hydrogen-bond donors (Lipinski definition) is 1. The van der Waals surface area contributed by atoms with E-state index in [0.717, 1.165) is 38.6 Å². The highest BCUT2D eigenvalue weighted by atomic mass is 35.5. The molecular weight excluding hydrogens is 382 g/mol. The Morgan fingerprint density at radius 1 is 1.33 bits per heavy atom. The lowest BCUT2D eigenvalue weighted by Crippen LogP contribution is -2.06. The van der Waals surface area contributed by atoms with Gasteiger partial charge in [-0.3, -0.25) is 9.48 Å². The van der Waals surface area contributed by atoms with Gasteiger partial charge in [-0.2, -0.15) is 5.10 Å². The highest BCUT2D eigenvalue weighted by molar-refractivity contribution is 7.19. The van der Waals surface area contributed by atoms with E-state index in [4.69, 9.17) is 16.7 Å². The predicted octanol–water partition coefficient (Wildman–Crippen LogP) is 5.52. The Labute approximate surface area is 167 Å². The van der Waals surface area contributed by atoms with Crippen LogP contribution in [-0.4, -0.2) is 25.8 Å². The Kier molecular flexibility index (Phi) is 5.97. The molecule has 3 aromatic rings. The average molecular weight is 404 g/mol. The van der Waals surface area contributed by atoms with Gasteiger partial charge in [0.25, 0.3) is 0 Å². The lowest BCUT2D eigenvalue weighted by atomic mass is 10.1. The van der Waals surface area contributed by atoms with E-state index in [1.54, 1.807) is 16.0 Å². The molecule has 0 saturated carbocycles. The quantitative estimate of drug-likeness (QED) is 0.564. The smallest absolute Gasteiger partial charge is 0.303 e. The number of aryl methyl sites for hydroxylation is 1. The minimum Gasteiger partial charge on any atom is -0.481 e. The van der Waals surface area contributed by atoms with Crippen LogP contribution < -0.4 is 0 Å². The van der Waals surface area contributed by atoms with Crippen LogP contribution in [0.25, 0.3) is 21.9 Å². The fourth-order valence-corrected chi connectivity index (χ4v) is 4.17. The van der Waals surface area contributed by atoms with Crippen molar-refractivity contribution in [2.45, 2.75) is 40.2 Å². The molecule has 1 aromatic carbocycles. The van der Waals surface area contributed by atoms with Crippen LogP contribution in [0.2, 0.25) is 5.15 Å². The summed E-state index contributed by atoms with van der Waals surface area (Å²) in [5, 5.41) is 15.1. The first-order valence-electron chi connectivity index (χ1n) is 8.86. The van der Waals surface area contributed by atoms with Gasteiger partial charge in [0, 0.05) is 18.5 Å². The van der Waals surface area contributed by atoms with Gasteiger partial charge >= 0.3 is 5.97 Å². The van der Waals surface area contributed by atoms with Crippen molar-refractivity contribution in [1.29, 1.82) is 0 Å². The van der Waals surface area contributed by atoms with Crippen LogP contribution in [0.15, 0.2) is 24.3 Å². The number of hydrogen-bond acceptors (Lipinski definition) is 4. The molecule has 0 aliphatic carbocycles. The monoisotopic (exact) mass is 403 g/mol. The number of halogens is 1. The molecule has 7 heteroatoms. The Bertz CT molecular complexity index is 971. The molecule has 0 amide bonds. The zero-order valence-electron chi connectivity index (χ0n) is 15.6. The standard InChI is InChI=1S/C20H22ClN3O2S/c1-12(2)11-24-19(21)15(13(3)23-24)10-14(8-9-18(25)26)20-22-16-6-4-5-7-17(16)27-20/h4-7,10,12H,8-9,11H2,1-3H3,(H,25,26). The average Bonchev–Trinajstić information content (AvgIpc) is 3.13. The molecule has 0 radical (unpaired) electrons. The Morgan fingerprint density at radius 3 is 2.74 bits per heavy atom. The van der Waals surface area contributed by atoms with Crippen molar-refractivity contribution in [3.05, 3.63) is 45.7 Å². The molecule has 0 bridgehead atoms. The third-order valence-electron chi connectivity index (χ3n) is 4.14. The third kappa shape index (κ3) is 4.57. The van der Waals surface area contributed by atoms with Crippen molar-refractivity contribution in [2.24, 2.45) is 5.92 Å². The second-order valence-electron chi connectivity index (χ2n) is 6.92. The predicted molar refractivity (Wildman–Crippen MR) is 111 cm³/mol. The van der Waals surface area contributed by atoms with Crippen LogP contribution >= 0.6 is 22.9 Å². The third-order valence-corrected chi connectivity index (χ3v) is 5.65. The van der Waals surface area contributed by atoms with E-state index >= 15 is 0 Å². The van der Waals surface area contributed by atoms with Gasteiger partial charge in [0.2, 0.25) is 0 Å². The van der Waals surface area contributed by atoms with Crippen molar-refractivity contribution in [3.63, 3.8) is 0 Å². The molecule has 2 aromatic heterocycles. The first-order valence-corrected chi connectivity index (χ1v) is 10.1. The minimum absolute atomic E-state index is 0.0402. The normalized spacial score (nSPS) is 12.3. The number of carbonyl (C=O) groups is 1. The van der Waals surface area contributed by atoms with Gasteiger partial charge in [0.1, 0.15) is 10.2 Å². The number of allylic oxidation sites excluding steroid dienone is 1. The summed E-state index contributed by atoms with van der Waals surface area (Å²) >= 11 is 8.13. The van der Waals surface area contributed by atoms with E-state index in [9.17, 15) is 4.79 Å². The molecule has 0 aliphatic heterocycles. The summed E-state index contributed by atoms with van der Waals surface area (Å²) in [5.41, 5.74) is 3.44. The van der Waals surface area contributed by atoms with Crippen molar-refractivity contribution in [3.8, 4) is 0 Å². The Hall–Kier alpha value is -2.18. The van der Waals surface area contributed by atoms with Crippen LogP contribution in [0.1, 0.15) is 43.0 Å². The molecular formula is C20H22ClN3O2S. The Balaban J connectivity index is 2.05. The maximum atomic E-state index is 11.1. The fraction of sp³-hybridized carbons (Fsp3) is 0.350. The summed E-state index contributed by atoms with van der Waals surface area (Å²) in [6.07, 6.45) is 2.38.